The molecule has 0 bridgehead atoms. The van der Waals surface area contributed by atoms with Crippen LogP contribution in [0.25, 0.3) is 5.69 Å². The molecule has 1 aliphatic heterocycles. The third-order valence-electron chi connectivity index (χ3n) is 5.99. The third kappa shape index (κ3) is 4.86. The molecule has 1 fully saturated rings. The number of carbonyl (C=O) groups excluding carboxylic acids is 2. The average Bonchev–Trinajstić information content (AvgIpc) is 3.31. The molecular formula is C25H27ClN4O2. The highest BCUT2D eigenvalue weighted by molar-refractivity contribution is 6.32. The second-order valence-electron chi connectivity index (χ2n) is 8.07. The zero-order valence-corrected chi connectivity index (χ0v) is 18.8. The number of halogens is 1. The molecule has 1 unspecified atom stereocenters. The van der Waals surface area contributed by atoms with Crippen LogP contribution in [0.2, 0.25) is 5.02 Å². The second-order valence-corrected chi connectivity index (χ2v) is 8.48. The second kappa shape index (κ2) is 10.0. The Morgan fingerprint density at radius 1 is 1.09 bits per heavy atom. The van der Waals surface area contributed by atoms with Crippen molar-refractivity contribution in [2.45, 2.75) is 38.1 Å². The van der Waals surface area contributed by atoms with E-state index in [-0.39, 0.29) is 23.8 Å². The average molecular weight is 451 g/mol. The summed E-state index contributed by atoms with van der Waals surface area (Å²) in [4.78, 5) is 27.7. The standard InChI is InChI=1S/C25H27ClN4O2/c1-2-21(18-8-4-3-5-9-18)25(32)29-14-12-20(13-15-29)28-24(31)19-16-27-30(17-19)23-11-7-6-10-22(23)26/h3-11,16-17,20-21H,2,12-15H2,1H3,(H,28,31). The minimum atomic E-state index is -0.163. The van der Waals surface area contributed by atoms with Crippen molar-refractivity contribution in [2.24, 2.45) is 0 Å². The number of rotatable bonds is 6. The Hall–Kier alpha value is -3.12. The van der Waals surface area contributed by atoms with Gasteiger partial charge in [0.25, 0.3) is 5.91 Å². The number of piperidine rings is 1. The highest BCUT2D eigenvalue weighted by Crippen LogP contribution is 2.24. The Morgan fingerprint density at radius 3 is 2.47 bits per heavy atom. The number of para-hydroxylation sites is 1. The Balaban J connectivity index is 1.33. The van der Waals surface area contributed by atoms with E-state index in [0.29, 0.717) is 23.7 Å². The molecule has 1 aliphatic rings. The van der Waals surface area contributed by atoms with E-state index in [4.69, 9.17) is 11.6 Å². The van der Waals surface area contributed by atoms with E-state index in [0.717, 1.165) is 30.5 Å². The smallest absolute Gasteiger partial charge is 0.254 e. The molecule has 2 aromatic carbocycles. The predicted octanol–water partition coefficient (Wildman–Crippen LogP) is 4.44. The van der Waals surface area contributed by atoms with Gasteiger partial charge in [0.15, 0.2) is 0 Å². The molecule has 3 aromatic rings. The van der Waals surface area contributed by atoms with Gasteiger partial charge in [0.2, 0.25) is 5.91 Å². The van der Waals surface area contributed by atoms with Gasteiger partial charge < -0.3 is 10.2 Å². The first-order valence-electron chi connectivity index (χ1n) is 11.0. The van der Waals surface area contributed by atoms with Crippen LogP contribution in [-0.2, 0) is 4.79 Å². The Bertz CT molecular complexity index is 1070. The number of likely N-dealkylation sites (tertiary alicyclic amines) is 1. The van der Waals surface area contributed by atoms with Gasteiger partial charge in [-0.3, -0.25) is 9.59 Å². The van der Waals surface area contributed by atoms with Crippen molar-refractivity contribution in [3.05, 3.63) is 83.1 Å². The molecular weight excluding hydrogens is 424 g/mol. The van der Waals surface area contributed by atoms with Crippen LogP contribution in [0, 0.1) is 0 Å². The van der Waals surface area contributed by atoms with Crippen molar-refractivity contribution in [1.82, 2.24) is 20.0 Å². The van der Waals surface area contributed by atoms with E-state index < -0.39 is 0 Å². The number of hydrogen-bond acceptors (Lipinski definition) is 3. The van der Waals surface area contributed by atoms with Crippen molar-refractivity contribution in [2.75, 3.05) is 13.1 Å². The monoisotopic (exact) mass is 450 g/mol. The van der Waals surface area contributed by atoms with Gasteiger partial charge >= 0.3 is 0 Å². The summed E-state index contributed by atoms with van der Waals surface area (Å²) >= 11 is 6.22. The lowest BCUT2D eigenvalue weighted by Gasteiger charge is -2.34. The minimum absolute atomic E-state index is 0.0343. The number of carbonyl (C=O) groups is 2. The van der Waals surface area contributed by atoms with Crippen LogP contribution in [-0.4, -0.2) is 45.6 Å². The maximum absolute atomic E-state index is 13.1. The lowest BCUT2D eigenvalue weighted by atomic mass is 9.93. The molecule has 0 saturated carbocycles. The van der Waals surface area contributed by atoms with Crippen LogP contribution in [0.5, 0.6) is 0 Å². The van der Waals surface area contributed by atoms with Crippen LogP contribution < -0.4 is 5.32 Å². The number of benzene rings is 2. The fourth-order valence-corrected chi connectivity index (χ4v) is 4.40. The first kappa shape index (κ1) is 22.1. The maximum Gasteiger partial charge on any atom is 0.254 e. The van der Waals surface area contributed by atoms with Crippen molar-refractivity contribution >= 4 is 23.4 Å². The summed E-state index contributed by atoms with van der Waals surface area (Å²) in [5.74, 6) is -0.105. The number of hydrogen-bond donors (Lipinski definition) is 1. The molecule has 1 aromatic heterocycles. The zero-order chi connectivity index (χ0) is 22.5. The first-order chi connectivity index (χ1) is 15.6. The summed E-state index contributed by atoms with van der Waals surface area (Å²) in [6, 6.07) is 17.3. The lowest BCUT2D eigenvalue weighted by molar-refractivity contribution is -0.134. The zero-order valence-electron chi connectivity index (χ0n) is 18.1. The van der Waals surface area contributed by atoms with Gasteiger partial charge in [0.1, 0.15) is 0 Å². The molecule has 1 saturated heterocycles. The van der Waals surface area contributed by atoms with E-state index in [1.54, 1.807) is 23.1 Å². The van der Waals surface area contributed by atoms with Gasteiger partial charge in [-0.05, 0) is 37.0 Å². The molecule has 0 radical (unpaired) electrons. The summed E-state index contributed by atoms with van der Waals surface area (Å²) < 4.78 is 1.60. The van der Waals surface area contributed by atoms with E-state index in [1.807, 2.05) is 60.4 Å². The highest BCUT2D eigenvalue weighted by atomic mass is 35.5. The first-order valence-corrected chi connectivity index (χ1v) is 11.4. The van der Waals surface area contributed by atoms with E-state index in [9.17, 15) is 9.59 Å². The van der Waals surface area contributed by atoms with Gasteiger partial charge in [-0.25, -0.2) is 4.68 Å². The van der Waals surface area contributed by atoms with Gasteiger partial charge in [-0.15, -0.1) is 0 Å². The maximum atomic E-state index is 13.1. The summed E-state index contributed by atoms with van der Waals surface area (Å²) in [7, 11) is 0. The molecule has 1 N–H and O–H groups in total. The molecule has 0 spiro atoms. The van der Waals surface area contributed by atoms with Crippen molar-refractivity contribution in [3.8, 4) is 5.69 Å². The molecule has 2 heterocycles. The fraction of sp³-hybridized carbons (Fsp3) is 0.320. The largest absolute Gasteiger partial charge is 0.349 e. The normalized spacial score (nSPS) is 15.4. The predicted molar refractivity (Wildman–Crippen MR) is 125 cm³/mol. The molecule has 166 valence electrons. The lowest BCUT2D eigenvalue weighted by Crippen LogP contribution is -2.47. The van der Waals surface area contributed by atoms with Crippen LogP contribution in [0.1, 0.15) is 48.0 Å². The fourth-order valence-electron chi connectivity index (χ4n) is 4.18. The Labute approximate surface area is 193 Å². The topological polar surface area (TPSA) is 67.2 Å². The third-order valence-corrected chi connectivity index (χ3v) is 6.31. The molecule has 32 heavy (non-hydrogen) atoms. The summed E-state index contributed by atoms with van der Waals surface area (Å²) in [5, 5.41) is 7.93. The van der Waals surface area contributed by atoms with E-state index in [1.165, 1.54) is 0 Å². The van der Waals surface area contributed by atoms with Gasteiger partial charge in [0, 0.05) is 25.3 Å². The van der Waals surface area contributed by atoms with E-state index >= 15 is 0 Å². The number of amides is 2. The SMILES string of the molecule is CCC(C(=O)N1CCC(NC(=O)c2cnn(-c3ccccc3Cl)c2)CC1)c1ccccc1. The molecule has 0 aliphatic carbocycles. The number of nitrogens with zero attached hydrogens (tertiary/aromatic N) is 3. The van der Waals surface area contributed by atoms with Gasteiger partial charge in [0.05, 0.1) is 28.4 Å². The van der Waals surface area contributed by atoms with Crippen LogP contribution >= 0.6 is 11.6 Å². The van der Waals surface area contributed by atoms with Crippen LogP contribution in [0.15, 0.2) is 67.0 Å². The number of aromatic nitrogens is 2. The number of nitrogens with one attached hydrogen (secondary N) is 1. The van der Waals surface area contributed by atoms with Crippen molar-refractivity contribution in [3.63, 3.8) is 0 Å². The Kier molecular flexibility index (Phi) is 6.90. The van der Waals surface area contributed by atoms with Crippen LogP contribution in [0.4, 0.5) is 0 Å². The highest BCUT2D eigenvalue weighted by Gasteiger charge is 2.29. The molecule has 4 rings (SSSR count). The van der Waals surface area contributed by atoms with Crippen molar-refractivity contribution in [1.29, 1.82) is 0 Å². The molecule has 2 amide bonds. The van der Waals surface area contributed by atoms with Gasteiger partial charge in [-0.2, -0.15) is 5.10 Å². The Morgan fingerprint density at radius 2 is 1.78 bits per heavy atom. The molecule has 6 nitrogen and oxygen atoms in total. The summed E-state index contributed by atoms with van der Waals surface area (Å²) in [5.41, 5.74) is 2.27. The van der Waals surface area contributed by atoms with Crippen molar-refractivity contribution < 1.29 is 9.59 Å². The summed E-state index contributed by atoms with van der Waals surface area (Å²) in [6.45, 7) is 3.34. The summed E-state index contributed by atoms with van der Waals surface area (Å²) in [6.07, 6.45) is 5.47. The van der Waals surface area contributed by atoms with E-state index in [2.05, 4.69) is 10.4 Å². The van der Waals surface area contributed by atoms with Gasteiger partial charge in [-0.1, -0.05) is 61.0 Å². The molecule has 7 heteroatoms. The molecule has 1 atom stereocenters. The quantitative estimate of drug-likeness (QED) is 0.603. The minimum Gasteiger partial charge on any atom is -0.349 e. The van der Waals surface area contributed by atoms with Crippen LogP contribution in [0.3, 0.4) is 0 Å².